The Morgan fingerprint density at radius 3 is 2.45 bits per heavy atom. The zero-order valence-corrected chi connectivity index (χ0v) is 18.1. The highest BCUT2D eigenvalue weighted by atomic mass is 19.1. The van der Waals surface area contributed by atoms with Crippen LogP contribution in [-0.2, 0) is 4.74 Å². The Kier molecular flexibility index (Phi) is 7.35. The van der Waals surface area contributed by atoms with Crippen LogP contribution in [0.2, 0.25) is 0 Å². The molecule has 31 heavy (non-hydrogen) atoms. The van der Waals surface area contributed by atoms with Crippen molar-refractivity contribution in [2.75, 3.05) is 37.4 Å². The molecule has 7 heteroatoms. The van der Waals surface area contributed by atoms with Crippen molar-refractivity contribution < 1.29 is 13.5 Å². The molecule has 0 unspecified atom stereocenters. The summed E-state index contributed by atoms with van der Waals surface area (Å²) in [6, 6.07) is 7.21. The van der Waals surface area contributed by atoms with Gasteiger partial charge in [-0.2, -0.15) is 0 Å². The molecule has 4 rings (SSSR count). The molecule has 2 fully saturated rings. The van der Waals surface area contributed by atoms with Gasteiger partial charge in [-0.3, -0.25) is 0 Å². The van der Waals surface area contributed by atoms with Gasteiger partial charge >= 0.3 is 0 Å². The number of hydrogen-bond acceptors (Lipinski definition) is 5. The summed E-state index contributed by atoms with van der Waals surface area (Å²) in [5.74, 6) is 0.334. The fourth-order valence-electron chi connectivity index (χ4n) is 4.17. The average Bonchev–Trinajstić information content (AvgIpc) is 3.61. The molecule has 0 atom stereocenters. The standard InChI is InChI=1S/C24H32F2N4O/c1-31-11-10-27-17-4-6-18(7-5-17)30-24-13-21(23(26)15-29-24)20-12-19(8-9-22(20)25)28-14-16-2-3-16/h8-9,12-13,15-18,27-28H,2-7,10-11,14H2,1H3,(H,29,30). The van der Waals surface area contributed by atoms with E-state index in [4.69, 9.17) is 4.74 Å². The van der Waals surface area contributed by atoms with Gasteiger partial charge in [-0.15, -0.1) is 0 Å². The lowest BCUT2D eigenvalue weighted by molar-refractivity contribution is 0.191. The van der Waals surface area contributed by atoms with Crippen LogP contribution in [0.1, 0.15) is 38.5 Å². The summed E-state index contributed by atoms with van der Waals surface area (Å²) in [6.45, 7) is 2.45. The Morgan fingerprint density at radius 2 is 1.71 bits per heavy atom. The third-order valence-corrected chi connectivity index (χ3v) is 6.22. The van der Waals surface area contributed by atoms with Crippen LogP contribution in [-0.4, -0.2) is 43.9 Å². The summed E-state index contributed by atoms with van der Waals surface area (Å²) in [5.41, 5.74) is 1.31. The molecular weight excluding hydrogens is 398 g/mol. The number of benzene rings is 1. The third-order valence-electron chi connectivity index (χ3n) is 6.22. The largest absolute Gasteiger partial charge is 0.385 e. The summed E-state index contributed by atoms with van der Waals surface area (Å²) >= 11 is 0. The van der Waals surface area contributed by atoms with E-state index in [1.807, 2.05) is 0 Å². The van der Waals surface area contributed by atoms with E-state index in [1.165, 1.54) is 25.1 Å². The molecule has 1 heterocycles. The van der Waals surface area contributed by atoms with Gasteiger partial charge in [0.25, 0.3) is 0 Å². The molecule has 2 aliphatic carbocycles. The molecule has 2 saturated carbocycles. The van der Waals surface area contributed by atoms with E-state index in [-0.39, 0.29) is 17.2 Å². The van der Waals surface area contributed by atoms with Crippen LogP contribution < -0.4 is 16.0 Å². The van der Waals surface area contributed by atoms with E-state index >= 15 is 0 Å². The highest BCUT2D eigenvalue weighted by molar-refractivity contribution is 5.71. The van der Waals surface area contributed by atoms with E-state index in [9.17, 15) is 8.78 Å². The van der Waals surface area contributed by atoms with Crippen molar-refractivity contribution in [3.63, 3.8) is 0 Å². The van der Waals surface area contributed by atoms with Gasteiger partial charge in [0, 0.05) is 49.1 Å². The number of rotatable bonds is 10. The normalized spacial score (nSPS) is 21.1. The highest BCUT2D eigenvalue weighted by Gasteiger charge is 2.22. The van der Waals surface area contributed by atoms with E-state index in [0.717, 1.165) is 44.5 Å². The van der Waals surface area contributed by atoms with Gasteiger partial charge in [0.15, 0.2) is 0 Å². The Balaban J connectivity index is 1.40. The lowest BCUT2D eigenvalue weighted by Crippen LogP contribution is -2.38. The minimum absolute atomic E-state index is 0.236. The van der Waals surface area contributed by atoms with Gasteiger partial charge in [0.2, 0.25) is 0 Å². The average molecular weight is 431 g/mol. The molecule has 168 valence electrons. The number of aromatic nitrogens is 1. The first kappa shape index (κ1) is 22.0. The van der Waals surface area contributed by atoms with Crippen molar-refractivity contribution in [3.8, 4) is 11.1 Å². The number of hydrogen-bond donors (Lipinski definition) is 3. The fourth-order valence-corrected chi connectivity index (χ4v) is 4.17. The molecule has 0 spiro atoms. The molecule has 0 radical (unpaired) electrons. The van der Waals surface area contributed by atoms with Crippen molar-refractivity contribution in [3.05, 3.63) is 42.1 Å². The number of anilines is 2. The quantitative estimate of drug-likeness (QED) is 0.473. The topological polar surface area (TPSA) is 58.2 Å². The molecule has 3 N–H and O–H groups in total. The van der Waals surface area contributed by atoms with Gasteiger partial charge in [-0.05, 0) is 68.7 Å². The maximum atomic E-state index is 14.6. The summed E-state index contributed by atoms with van der Waals surface area (Å²) in [4.78, 5) is 4.20. The number of nitrogens with one attached hydrogen (secondary N) is 3. The first-order valence-electron chi connectivity index (χ1n) is 11.3. The summed E-state index contributed by atoms with van der Waals surface area (Å²) in [5, 5.41) is 10.3. The van der Waals surface area contributed by atoms with Gasteiger partial charge in [-0.1, -0.05) is 0 Å². The first-order valence-corrected chi connectivity index (χ1v) is 11.3. The van der Waals surface area contributed by atoms with Gasteiger partial charge in [0.05, 0.1) is 12.8 Å². The first-order chi connectivity index (χ1) is 15.1. The number of nitrogens with zero attached hydrogens (tertiary/aromatic N) is 1. The highest BCUT2D eigenvalue weighted by Crippen LogP contribution is 2.32. The molecule has 5 nitrogen and oxygen atoms in total. The van der Waals surface area contributed by atoms with E-state index in [1.54, 1.807) is 25.3 Å². The lowest BCUT2D eigenvalue weighted by Gasteiger charge is -2.30. The second kappa shape index (κ2) is 10.4. The lowest BCUT2D eigenvalue weighted by atomic mass is 9.91. The van der Waals surface area contributed by atoms with Crippen LogP contribution in [0.5, 0.6) is 0 Å². The summed E-state index contributed by atoms with van der Waals surface area (Å²) < 4.78 is 34.2. The van der Waals surface area contributed by atoms with E-state index in [2.05, 4.69) is 20.9 Å². The molecular formula is C24H32F2N4O. The summed E-state index contributed by atoms with van der Waals surface area (Å²) in [7, 11) is 1.71. The Hall–Kier alpha value is -2.25. The van der Waals surface area contributed by atoms with E-state index in [0.29, 0.717) is 24.4 Å². The maximum Gasteiger partial charge on any atom is 0.149 e. The van der Waals surface area contributed by atoms with Crippen LogP contribution in [0.15, 0.2) is 30.5 Å². The number of halogens is 2. The monoisotopic (exact) mass is 430 g/mol. The van der Waals surface area contributed by atoms with Crippen LogP contribution in [0, 0.1) is 17.6 Å². The number of methoxy groups -OCH3 is 1. The van der Waals surface area contributed by atoms with Crippen molar-refractivity contribution in [1.82, 2.24) is 10.3 Å². The van der Waals surface area contributed by atoms with Gasteiger partial charge in [-0.25, -0.2) is 13.8 Å². The number of pyridine rings is 1. The smallest absolute Gasteiger partial charge is 0.149 e. The zero-order chi connectivity index (χ0) is 21.6. The molecule has 2 aliphatic rings. The van der Waals surface area contributed by atoms with Crippen molar-refractivity contribution >= 4 is 11.5 Å². The molecule has 0 bridgehead atoms. The number of ether oxygens (including phenoxy) is 1. The molecule has 2 aromatic rings. The molecule has 0 aliphatic heterocycles. The Bertz CT molecular complexity index is 867. The van der Waals surface area contributed by atoms with Crippen LogP contribution in [0.25, 0.3) is 11.1 Å². The second-order valence-corrected chi connectivity index (χ2v) is 8.71. The minimum atomic E-state index is -0.519. The zero-order valence-electron chi connectivity index (χ0n) is 18.1. The fraction of sp³-hybridized carbons (Fsp3) is 0.542. The van der Waals surface area contributed by atoms with Gasteiger partial charge in [0.1, 0.15) is 17.5 Å². The van der Waals surface area contributed by atoms with Crippen LogP contribution in [0.3, 0.4) is 0 Å². The van der Waals surface area contributed by atoms with Crippen molar-refractivity contribution in [2.45, 2.75) is 50.6 Å². The van der Waals surface area contributed by atoms with E-state index < -0.39 is 11.6 Å². The molecule has 1 aromatic heterocycles. The van der Waals surface area contributed by atoms with Crippen molar-refractivity contribution in [1.29, 1.82) is 0 Å². The predicted octanol–water partition coefficient (Wildman–Crippen LogP) is 4.81. The third kappa shape index (κ3) is 6.14. The van der Waals surface area contributed by atoms with Crippen LogP contribution in [0.4, 0.5) is 20.3 Å². The second-order valence-electron chi connectivity index (χ2n) is 8.71. The molecule has 0 saturated heterocycles. The summed E-state index contributed by atoms with van der Waals surface area (Å²) in [6.07, 6.45) is 7.80. The minimum Gasteiger partial charge on any atom is -0.385 e. The Labute approximate surface area is 183 Å². The molecule has 1 aromatic carbocycles. The SMILES string of the molecule is COCCNC1CCC(Nc2cc(-c3cc(NCC4CC4)ccc3F)c(F)cn2)CC1. The predicted molar refractivity (Wildman–Crippen MR) is 120 cm³/mol. The molecule has 0 amide bonds. The van der Waals surface area contributed by atoms with Crippen molar-refractivity contribution in [2.24, 2.45) is 5.92 Å². The van der Waals surface area contributed by atoms with Gasteiger partial charge < -0.3 is 20.7 Å². The van der Waals surface area contributed by atoms with Crippen LogP contribution >= 0.6 is 0 Å². The maximum absolute atomic E-state index is 14.6. The Morgan fingerprint density at radius 1 is 0.968 bits per heavy atom.